The summed E-state index contributed by atoms with van der Waals surface area (Å²) < 4.78 is 16.2. The highest BCUT2D eigenvalue weighted by atomic mass is 19.1. The molecule has 7 nitrogen and oxygen atoms in total. The zero-order valence-corrected chi connectivity index (χ0v) is 17.3. The summed E-state index contributed by atoms with van der Waals surface area (Å²) in [7, 11) is 0. The average molecular weight is 431 g/mol. The molecule has 1 atom stereocenters. The highest BCUT2D eigenvalue weighted by Gasteiger charge is 2.22. The Bertz CT molecular complexity index is 1270. The molecule has 0 spiro atoms. The summed E-state index contributed by atoms with van der Waals surface area (Å²) >= 11 is 0. The van der Waals surface area contributed by atoms with E-state index in [9.17, 15) is 14.3 Å². The average Bonchev–Trinajstić information content (AvgIpc) is 3.42. The first-order valence-electron chi connectivity index (χ1n) is 10.5. The number of fused-ring (bicyclic) bond motifs is 1. The van der Waals surface area contributed by atoms with E-state index in [1.807, 2.05) is 47.5 Å². The number of carbonyl (C=O) groups is 1. The van der Waals surface area contributed by atoms with Gasteiger partial charge in [0.15, 0.2) is 5.65 Å². The molecule has 1 aliphatic rings. The molecule has 1 unspecified atom stereocenters. The largest absolute Gasteiger partial charge is 0.391 e. The number of nitrogens with one attached hydrogen (secondary N) is 1. The molecule has 8 heteroatoms. The maximum absolute atomic E-state index is 14.5. The van der Waals surface area contributed by atoms with E-state index in [2.05, 4.69) is 15.4 Å². The molecule has 2 aromatic carbocycles. The number of rotatable bonds is 5. The topological polar surface area (TPSA) is 82.8 Å². The Kier molecular flexibility index (Phi) is 5.28. The molecule has 0 bridgehead atoms. The maximum atomic E-state index is 14.5. The molecule has 0 aliphatic carbocycles. The number of aliphatic hydroxyl groups excluding tert-OH is 1. The summed E-state index contributed by atoms with van der Waals surface area (Å²) in [5.74, 6) is -0.628. The van der Waals surface area contributed by atoms with Crippen LogP contribution < -0.4 is 10.2 Å². The van der Waals surface area contributed by atoms with Crippen LogP contribution >= 0.6 is 0 Å². The number of hydrogen-bond acceptors (Lipinski definition) is 5. The van der Waals surface area contributed by atoms with Gasteiger partial charge in [-0.25, -0.2) is 13.9 Å². The van der Waals surface area contributed by atoms with Crippen molar-refractivity contribution in [3.05, 3.63) is 78.5 Å². The minimum absolute atomic E-state index is 0.186. The molecule has 1 amide bonds. The van der Waals surface area contributed by atoms with Gasteiger partial charge in [-0.2, -0.15) is 5.10 Å². The number of pyridine rings is 1. The van der Waals surface area contributed by atoms with E-state index >= 15 is 0 Å². The van der Waals surface area contributed by atoms with E-state index in [4.69, 9.17) is 0 Å². The third-order valence-electron chi connectivity index (χ3n) is 5.67. The van der Waals surface area contributed by atoms with E-state index in [1.165, 1.54) is 12.4 Å². The lowest BCUT2D eigenvalue weighted by Gasteiger charge is -2.19. The second-order valence-corrected chi connectivity index (χ2v) is 7.95. The summed E-state index contributed by atoms with van der Waals surface area (Å²) in [6, 6.07) is 16.3. The minimum atomic E-state index is -0.425. The summed E-state index contributed by atoms with van der Waals surface area (Å²) in [5.41, 5.74) is 4.52. The van der Waals surface area contributed by atoms with Crippen molar-refractivity contribution >= 4 is 22.9 Å². The van der Waals surface area contributed by atoms with Crippen LogP contribution in [0.15, 0.2) is 67.1 Å². The van der Waals surface area contributed by atoms with Crippen LogP contribution in [0.25, 0.3) is 16.8 Å². The molecule has 1 fully saturated rings. The van der Waals surface area contributed by atoms with Crippen molar-refractivity contribution in [1.29, 1.82) is 0 Å². The smallest absolute Gasteiger partial charge is 0.228 e. The predicted molar refractivity (Wildman–Crippen MR) is 120 cm³/mol. The number of aliphatic hydroxyl groups is 1. The van der Waals surface area contributed by atoms with E-state index in [1.54, 1.807) is 16.6 Å². The van der Waals surface area contributed by atoms with E-state index in [0.29, 0.717) is 30.9 Å². The Labute approximate surface area is 184 Å². The number of nitrogens with zero attached hydrogens (tertiary/aromatic N) is 4. The van der Waals surface area contributed by atoms with Crippen LogP contribution in [0.3, 0.4) is 0 Å². The number of aromatic nitrogens is 3. The van der Waals surface area contributed by atoms with Crippen molar-refractivity contribution in [2.75, 3.05) is 23.3 Å². The molecule has 3 heterocycles. The SMILES string of the molecule is O=C(Cc1ccc(-c2ccn3ncnc3c2)cc1)Nc1ccc(N2CCC(O)C2)c(F)c1. The van der Waals surface area contributed by atoms with Gasteiger partial charge < -0.3 is 15.3 Å². The number of hydrogen-bond donors (Lipinski definition) is 2. The summed E-state index contributed by atoms with van der Waals surface area (Å²) in [6.07, 6.45) is 3.76. The standard InChI is InChI=1S/C24H22FN5O2/c25-21-13-19(5-6-22(21)29-9-8-20(31)14-29)28-24(32)11-16-1-3-17(4-2-16)18-7-10-30-23(12-18)26-15-27-30/h1-7,10,12-13,15,20,31H,8-9,11,14H2,(H,28,32). The first-order valence-corrected chi connectivity index (χ1v) is 10.5. The highest BCUT2D eigenvalue weighted by Crippen LogP contribution is 2.26. The molecule has 4 aromatic rings. The molecule has 162 valence electrons. The van der Waals surface area contributed by atoms with E-state index in [0.717, 1.165) is 22.3 Å². The number of amides is 1. The van der Waals surface area contributed by atoms with Crippen molar-refractivity contribution in [2.24, 2.45) is 0 Å². The number of benzene rings is 2. The van der Waals surface area contributed by atoms with Crippen LogP contribution in [0, 0.1) is 5.82 Å². The lowest BCUT2D eigenvalue weighted by Crippen LogP contribution is -2.22. The Morgan fingerprint density at radius 2 is 1.97 bits per heavy atom. The Hall–Kier alpha value is -3.78. The fourth-order valence-corrected chi connectivity index (χ4v) is 4.00. The lowest BCUT2D eigenvalue weighted by atomic mass is 10.0. The quantitative estimate of drug-likeness (QED) is 0.507. The van der Waals surface area contributed by atoms with Gasteiger partial charge in [-0.3, -0.25) is 4.79 Å². The van der Waals surface area contributed by atoms with Gasteiger partial charge in [0.25, 0.3) is 0 Å². The molecular weight excluding hydrogens is 409 g/mol. The van der Waals surface area contributed by atoms with Gasteiger partial charge in [0.2, 0.25) is 5.91 Å². The van der Waals surface area contributed by atoms with E-state index < -0.39 is 11.9 Å². The molecule has 1 aliphatic heterocycles. The van der Waals surface area contributed by atoms with Crippen LogP contribution in [0.1, 0.15) is 12.0 Å². The fraction of sp³-hybridized carbons (Fsp3) is 0.208. The molecular formula is C24H22FN5O2. The van der Waals surface area contributed by atoms with Crippen LogP contribution in [0.5, 0.6) is 0 Å². The first-order chi connectivity index (χ1) is 15.5. The normalized spacial score (nSPS) is 15.9. The van der Waals surface area contributed by atoms with Crippen LogP contribution in [-0.4, -0.2) is 44.8 Å². The monoisotopic (exact) mass is 431 g/mol. The summed E-state index contributed by atoms with van der Waals surface area (Å²) in [5, 5.41) is 16.5. The summed E-state index contributed by atoms with van der Waals surface area (Å²) in [4.78, 5) is 18.5. The number of carbonyl (C=O) groups excluding carboxylic acids is 1. The highest BCUT2D eigenvalue weighted by molar-refractivity contribution is 5.92. The molecule has 0 radical (unpaired) electrons. The molecule has 0 saturated carbocycles. The predicted octanol–water partition coefficient (Wildman–Crippen LogP) is 3.29. The third kappa shape index (κ3) is 4.17. The zero-order chi connectivity index (χ0) is 22.1. The Morgan fingerprint density at radius 1 is 1.12 bits per heavy atom. The van der Waals surface area contributed by atoms with Gasteiger partial charge in [0.1, 0.15) is 12.1 Å². The number of β-amino-alcohol motifs (C(OH)–C–C–N with tert-alkyl or cyclic N) is 1. The van der Waals surface area contributed by atoms with Crippen molar-refractivity contribution in [3.63, 3.8) is 0 Å². The van der Waals surface area contributed by atoms with Crippen LogP contribution in [0.4, 0.5) is 15.8 Å². The second kappa shape index (κ2) is 8.39. The van der Waals surface area contributed by atoms with Crippen LogP contribution in [0.2, 0.25) is 0 Å². The Balaban J connectivity index is 1.22. The van der Waals surface area contributed by atoms with Gasteiger partial charge >= 0.3 is 0 Å². The minimum Gasteiger partial charge on any atom is -0.391 e. The lowest BCUT2D eigenvalue weighted by molar-refractivity contribution is -0.115. The number of anilines is 2. The van der Waals surface area contributed by atoms with E-state index in [-0.39, 0.29) is 12.3 Å². The molecule has 2 N–H and O–H groups in total. The molecule has 32 heavy (non-hydrogen) atoms. The zero-order valence-electron chi connectivity index (χ0n) is 17.3. The van der Waals surface area contributed by atoms with Crippen LogP contribution in [-0.2, 0) is 11.2 Å². The fourth-order valence-electron chi connectivity index (χ4n) is 4.00. The van der Waals surface area contributed by atoms with Gasteiger partial charge in [0, 0.05) is 25.0 Å². The maximum Gasteiger partial charge on any atom is 0.228 e. The van der Waals surface area contributed by atoms with Gasteiger partial charge in [0.05, 0.1) is 18.2 Å². The van der Waals surface area contributed by atoms with Crippen molar-refractivity contribution in [3.8, 4) is 11.1 Å². The number of halogens is 1. The first kappa shape index (κ1) is 20.1. The van der Waals surface area contributed by atoms with Crippen molar-refractivity contribution in [1.82, 2.24) is 14.6 Å². The van der Waals surface area contributed by atoms with Crippen molar-refractivity contribution < 1.29 is 14.3 Å². The van der Waals surface area contributed by atoms with Crippen molar-refractivity contribution in [2.45, 2.75) is 18.9 Å². The molecule has 1 saturated heterocycles. The van der Waals surface area contributed by atoms with Gasteiger partial charge in [-0.15, -0.1) is 0 Å². The Morgan fingerprint density at radius 3 is 2.72 bits per heavy atom. The second-order valence-electron chi connectivity index (χ2n) is 7.95. The molecule has 5 rings (SSSR count). The van der Waals surface area contributed by atoms with Gasteiger partial charge in [-0.05, 0) is 53.4 Å². The molecule has 2 aromatic heterocycles. The van der Waals surface area contributed by atoms with Gasteiger partial charge in [-0.1, -0.05) is 24.3 Å². The third-order valence-corrected chi connectivity index (χ3v) is 5.67. The summed E-state index contributed by atoms with van der Waals surface area (Å²) in [6.45, 7) is 1.04.